The molecule has 3 rings (SSSR count). The van der Waals surface area contributed by atoms with E-state index in [1.54, 1.807) is 30.3 Å². The van der Waals surface area contributed by atoms with Gasteiger partial charge in [0.05, 0.1) is 27.8 Å². The second kappa shape index (κ2) is 9.64. The highest BCUT2D eigenvalue weighted by molar-refractivity contribution is 7.88. The summed E-state index contributed by atoms with van der Waals surface area (Å²) in [5, 5.41) is 3.57. The maximum atomic E-state index is 13.1. The summed E-state index contributed by atoms with van der Waals surface area (Å²) in [6.07, 6.45) is 1.21. The van der Waals surface area contributed by atoms with Crippen LogP contribution in [0.3, 0.4) is 0 Å². The molecule has 162 valence electrons. The number of nitrogens with zero attached hydrogens (tertiary/aromatic N) is 1. The predicted molar refractivity (Wildman–Crippen MR) is 116 cm³/mol. The van der Waals surface area contributed by atoms with Crippen molar-refractivity contribution in [3.8, 4) is 0 Å². The lowest BCUT2D eigenvalue weighted by Crippen LogP contribution is -2.46. The second-order valence-electron chi connectivity index (χ2n) is 7.48. The van der Waals surface area contributed by atoms with Gasteiger partial charge in [-0.25, -0.2) is 17.1 Å². The van der Waals surface area contributed by atoms with Gasteiger partial charge in [-0.1, -0.05) is 41.4 Å². The summed E-state index contributed by atoms with van der Waals surface area (Å²) in [4.78, 5) is 12.7. The van der Waals surface area contributed by atoms with Crippen molar-refractivity contribution in [2.24, 2.45) is 5.92 Å². The molecule has 1 saturated heterocycles. The third-order valence-corrected chi connectivity index (χ3v) is 7.77. The number of benzene rings is 2. The minimum absolute atomic E-state index is 0.131. The van der Waals surface area contributed by atoms with Crippen LogP contribution in [0.5, 0.6) is 0 Å². The van der Waals surface area contributed by atoms with E-state index >= 15 is 0 Å². The molecule has 0 radical (unpaired) electrons. The first-order valence-corrected chi connectivity index (χ1v) is 12.0. The molecule has 1 aliphatic rings. The zero-order valence-corrected chi connectivity index (χ0v) is 18.8. The molecule has 1 N–H and O–H groups in total. The fourth-order valence-corrected chi connectivity index (χ4v) is 5.42. The van der Waals surface area contributed by atoms with Crippen LogP contribution in [0.4, 0.5) is 4.39 Å². The Kier molecular flexibility index (Phi) is 7.39. The van der Waals surface area contributed by atoms with Gasteiger partial charge in [0.25, 0.3) is 0 Å². The van der Waals surface area contributed by atoms with Gasteiger partial charge in [-0.3, -0.25) is 4.79 Å². The molecule has 2 atom stereocenters. The number of sulfonamides is 1. The van der Waals surface area contributed by atoms with Crippen LogP contribution in [0, 0.1) is 11.7 Å². The molecule has 1 fully saturated rings. The summed E-state index contributed by atoms with van der Waals surface area (Å²) in [5.41, 5.74) is 1.32. The van der Waals surface area contributed by atoms with Crippen molar-refractivity contribution >= 4 is 39.1 Å². The van der Waals surface area contributed by atoms with E-state index in [0.29, 0.717) is 35.0 Å². The molecule has 9 heteroatoms. The average Bonchev–Trinajstić information content (AvgIpc) is 2.71. The summed E-state index contributed by atoms with van der Waals surface area (Å²) in [5.74, 6) is -1.19. The first kappa shape index (κ1) is 23.0. The van der Waals surface area contributed by atoms with E-state index in [4.69, 9.17) is 23.2 Å². The lowest BCUT2D eigenvalue weighted by molar-refractivity contribution is -0.126. The van der Waals surface area contributed by atoms with Crippen molar-refractivity contribution in [1.29, 1.82) is 0 Å². The Hall–Kier alpha value is -1.67. The van der Waals surface area contributed by atoms with Crippen LogP contribution in [0.1, 0.15) is 36.9 Å². The van der Waals surface area contributed by atoms with Gasteiger partial charge >= 0.3 is 0 Å². The average molecular weight is 473 g/mol. The highest BCUT2D eigenvalue weighted by Crippen LogP contribution is 2.26. The predicted octanol–water partition coefficient (Wildman–Crippen LogP) is 4.55. The molecule has 0 aromatic heterocycles. The van der Waals surface area contributed by atoms with E-state index in [2.05, 4.69) is 5.32 Å². The molecule has 0 bridgehead atoms. The van der Waals surface area contributed by atoms with Crippen molar-refractivity contribution in [2.75, 3.05) is 13.1 Å². The van der Waals surface area contributed by atoms with Gasteiger partial charge in [0.15, 0.2) is 0 Å². The summed E-state index contributed by atoms with van der Waals surface area (Å²) < 4.78 is 40.2. The Morgan fingerprint density at radius 2 is 1.90 bits per heavy atom. The number of hydrogen-bond donors (Lipinski definition) is 1. The third kappa shape index (κ3) is 5.72. The van der Waals surface area contributed by atoms with Gasteiger partial charge in [0.2, 0.25) is 15.9 Å². The van der Waals surface area contributed by atoms with Crippen molar-refractivity contribution < 1.29 is 17.6 Å². The van der Waals surface area contributed by atoms with Crippen LogP contribution in [-0.2, 0) is 20.6 Å². The standard InChI is InChI=1S/C21H23Cl2FN2O3S/c1-14(16-5-7-18(24)8-6-16)25-21(27)17-3-2-10-26(12-17)30(28,29)13-15-4-9-19(22)20(23)11-15/h4-9,11,14,17H,2-3,10,12-13H2,1H3,(H,25,27)/t14-,17-/m0/s1. The summed E-state index contributed by atoms with van der Waals surface area (Å²) >= 11 is 11.9. The first-order chi connectivity index (χ1) is 14.2. The number of halogens is 3. The summed E-state index contributed by atoms with van der Waals surface area (Å²) in [6, 6.07) is 10.4. The summed E-state index contributed by atoms with van der Waals surface area (Å²) in [6.45, 7) is 2.32. The van der Waals surface area contributed by atoms with Gasteiger partial charge in [0.1, 0.15) is 5.82 Å². The highest BCUT2D eigenvalue weighted by Gasteiger charge is 2.33. The third-order valence-electron chi connectivity index (χ3n) is 5.21. The Balaban J connectivity index is 1.64. The SMILES string of the molecule is C[C@H](NC(=O)[C@H]1CCCN(S(=O)(=O)Cc2ccc(Cl)c(Cl)c2)C1)c1ccc(F)cc1. The van der Waals surface area contributed by atoms with Crippen LogP contribution < -0.4 is 5.32 Å². The molecule has 0 aliphatic carbocycles. The lowest BCUT2D eigenvalue weighted by Gasteiger charge is -2.32. The largest absolute Gasteiger partial charge is 0.349 e. The minimum atomic E-state index is -3.61. The van der Waals surface area contributed by atoms with Gasteiger partial charge in [-0.15, -0.1) is 0 Å². The number of carbonyl (C=O) groups excluding carboxylic acids is 1. The van der Waals surface area contributed by atoms with Crippen LogP contribution in [0.2, 0.25) is 10.0 Å². The second-order valence-corrected chi connectivity index (χ2v) is 10.3. The zero-order valence-electron chi connectivity index (χ0n) is 16.4. The zero-order chi connectivity index (χ0) is 21.9. The normalized spacial score (nSPS) is 18.7. The Morgan fingerprint density at radius 1 is 1.20 bits per heavy atom. The molecule has 0 saturated carbocycles. The van der Waals surface area contributed by atoms with Crippen LogP contribution >= 0.6 is 23.2 Å². The molecule has 30 heavy (non-hydrogen) atoms. The number of amides is 1. The fourth-order valence-electron chi connectivity index (χ4n) is 3.51. The molecule has 1 amide bonds. The van der Waals surface area contributed by atoms with Crippen LogP contribution in [0.25, 0.3) is 0 Å². The van der Waals surface area contributed by atoms with Gasteiger partial charge in [-0.05, 0) is 55.2 Å². The number of nitrogens with one attached hydrogen (secondary N) is 1. The van der Waals surface area contributed by atoms with E-state index in [9.17, 15) is 17.6 Å². The van der Waals surface area contributed by atoms with Crippen molar-refractivity contribution in [3.05, 3.63) is 69.5 Å². The first-order valence-electron chi connectivity index (χ1n) is 9.63. The molecule has 5 nitrogen and oxygen atoms in total. The molecular formula is C21H23Cl2FN2O3S. The highest BCUT2D eigenvalue weighted by atomic mass is 35.5. The number of piperidine rings is 1. The van der Waals surface area contributed by atoms with Crippen molar-refractivity contribution in [3.63, 3.8) is 0 Å². The van der Waals surface area contributed by atoms with Gasteiger partial charge < -0.3 is 5.32 Å². The molecule has 1 heterocycles. The van der Waals surface area contributed by atoms with E-state index in [1.807, 2.05) is 6.92 Å². The molecule has 1 aliphatic heterocycles. The maximum Gasteiger partial charge on any atom is 0.224 e. The van der Waals surface area contributed by atoms with Gasteiger partial charge in [-0.2, -0.15) is 0 Å². The Morgan fingerprint density at radius 3 is 2.57 bits per heavy atom. The maximum absolute atomic E-state index is 13.1. The molecule has 0 unspecified atom stereocenters. The monoisotopic (exact) mass is 472 g/mol. The van der Waals surface area contributed by atoms with E-state index in [1.165, 1.54) is 16.4 Å². The number of rotatable bonds is 6. The Bertz CT molecular complexity index is 1020. The van der Waals surface area contributed by atoms with Crippen LogP contribution in [0.15, 0.2) is 42.5 Å². The Labute approximate surface area is 186 Å². The quantitative estimate of drug-likeness (QED) is 0.670. The molecular weight excluding hydrogens is 450 g/mol. The van der Waals surface area contributed by atoms with Crippen molar-refractivity contribution in [1.82, 2.24) is 9.62 Å². The van der Waals surface area contributed by atoms with Crippen LogP contribution in [-0.4, -0.2) is 31.7 Å². The topological polar surface area (TPSA) is 66.5 Å². The lowest BCUT2D eigenvalue weighted by atomic mass is 9.98. The fraction of sp³-hybridized carbons (Fsp3) is 0.381. The van der Waals surface area contributed by atoms with E-state index < -0.39 is 15.9 Å². The minimum Gasteiger partial charge on any atom is -0.349 e. The molecule has 0 spiro atoms. The van der Waals surface area contributed by atoms with E-state index in [-0.39, 0.29) is 30.1 Å². The van der Waals surface area contributed by atoms with E-state index in [0.717, 1.165) is 5.56 Å². The molecule has 2 aromatic rings. The smallest absolute Gasteiger partial charge is 0.224 e. The number of hydrogen-bond acceptors (Lipinski definition) is 3. The summed E-state index contributed by atoms with van der Waals surface area (Å²) in [7, 11) is -3.61. The van der Waals surface area contributed by atoms with Crippen molar-refractivity contribution in [2.45, 2.75) is 31.6 Å². The number of carbonyl (C=O) groups is 1. The molecule has 2 aromatic carbocycles. The van der Waals surface area contributed by atoms with Gasteiger partial charge in [0, 0.05) is 13.1 Å².